The van der Waals surface area contributed by atoms with Gasteiger partial charge < -0.3 is 15.2 Å². The number of hydrogen-bond donors (Lipinski definition) is 1. The maximum Gasteiger partial charge on any atom is 0.336 e. The molecule has 0 saturated heterocycles. The van der Waals surface area contributed by atoms with Crippen LogP contribution < -0.4 is 5.73 Å². The van der Waals surface area contributed by atoms with Crippen molar-refractivity contribution in [3.05, 3.63) is 45.1 Å². The third kappa shape index (κ3) is 5.50. The first-order valence-corrected chi connectivity index (χ1v) is 10.8. The summed E-state index contributed by atoms with van der Waals surface area (Å²) in [5, 5.41) is 11.5. The second-order valence-corrected chi connectivity index (χ2v) is 8.18. The Labute approximate surface area is 185 Å². The molecule has 0 radical (unpaired) electrons. The Hall–Kier alpha value is -2.72. The molecule has 10 heteroatoms. The number of thioether (sulfide) groups is 1. The number of hydrogen-bond acceptors (Lipinski definition) is 9. The summed E-state index contributed by atoms with van der Waals surface area (Å²) in [7, 11) is 2.50. The molecule has 2 rings (SSSR count). The fraction of sp³-hybridized carbons (Fsp3) is 0.476. The van der Waals surface area contributed by atoms with E-state index in [0.717, 1.165) is 23.5 Å². The lowest BCUT2D eigenvalue weighted by Gasteiger charge is -2.32. The number of methoxy groups -OCH3 is 2. The highest BCUT2D eigenvalue weighted by atomic mass is 32.2. The molecule has 1 heterocycles. The van der Waals surface area contributed by atoms with Gasteiger partial charge in [-0.1, -0.05) is 0 Å². The number of carbonyl (C=O) groups is 2. The monoisotopic (exact) mass is 449 g/mol. The Morgan fingerprint density at radius 3 is 2.52 bits per heavy atom. The van der Waals surface area contributed by atoms with Crippen LogP contribution in [0.5, 0.6) is 0 Å². The lowest BCUT2D eigenvalue weighted by molar-refractivity contribution is -0.385. The number of benzene rings is 1. The molecule has 1 aliphatic rings. The molecule has 0 amide bonds. The number of esters is 2. The van der Waals surface area contributed by atoms with E-state index in [0.29, 0.717) is 23.5 Å². The zero-order valence-electron chi connectivity index (χ0n) is 18.0. The number of rotatable bonds is 9. The number of non-ortho nitro benzene ring substituents is 1. The molecule has 31 heavy (non-hydrogen) atoms. The van der Waals surface area contributed by atoms with Crippen molar-refractivity contribution in [1.82, 2.24) is 0 Å². The van der Waals surface area contributed by atoms with E-state index in [2.05, 4.69) is 4.99 Å². The summed E-state index contributed by atoms with van der Waals surface area (Å²) < 4.78 is 9.96. The zero-order valence-corrected chi connectivity index (χ0v) is 18.9. The summed E-state index contributed by atoms with van der Waals surface area (Å²) in [5.41, 5.74) is 6.99. The van der Waals surface area contributed by atoms with Crippen molar-refractivity contribution >= 4 is 35.1 Å². The minimum atomic E-state index is -0.909. The van der Waals surface area contributed by atoms with Crippen LogP contribution in [0.1, 0.15) is 38.2 Å². The van der Waals surface area contributed by atoms with Gasteiger partial charge in [0, 0.05) is 34.4 Å². The van der Waals surface area contributed by atoms with E-state index in [1.165, 1.54) is 38.1 Å². The molecule has 0 aliphatic carbocycles. The van der Waals surface area contributed by atoms with Gasteiger partial charge in [-0.2, -0.15) is 0 Å². The Kier molecular flexibility index (Phi) is 8.76. The molecule has 0 saturated carbocycles. The summed E-state index contributed by atoms with van der Waals surface area (Å²) in [6.45, 7) is 3.91. The van der Waals surface area contributed by atoms with E-state index in [-0.39, 0.29) is 11.3 Å². The van der Waals surface area contributed by atoms with Crippen LogP contribution in [-0.4, -0.2) is 49.1 Å². The first-order chi connectivity index (χ1) is 14.8. The fourth-order valence-corrected chi connectivity index (χ4v) is 4.72. The van der Waals surface area contributed by atoms with Gasteiger partial charge in [0.25, 0.3) is 5.69 Å². The predicted octanol–water partition coefficient (Wildman–Crippen LogP) is 3.22. The van der Waals surface area contributed by atoms with Crippen molar-refractivity contribution in [3.8, 4) is 0 Å². The number of carbonyl (C=O) groups excluding carboxylic acids is 2. The van der Waals surface area contributed by atoms with Gasteiger partial charge in [-0.25, -0.2) is 4.79 Å². The van der Waals surface area contributed by atoms with Crippen LogP contribution in [0.15, 0.2) is 39.4 Å². The summed E-state index contributed by atoms with van der Waals surface area (Å²) in [4.78, 5) is 41.5. The molecule has 0 spiro atoms. The number of nitro benzene ring substituents is 1. The number of ether oxygens (including phenoxy) is 2. The van der Waals surface area contributed by atoms with Crippen molar-refractivity contribution in [2.45, 2.75) is 37.5 Å². The van der Waals surface area contributed by atoms with Gasteiger partial charge in [-0.05, 0) is 50.6 Å². The van der Waals surface area contributed by atoms with E-state index >= 15 is 0 Å². The second-order valence-electron chi connectivity index (χ2n) is 7.05. The van der Waals surface area contributed by atoms with Gasteiger partial charge in [0.2, 0.25) is 0 Å². The topological polar surface area (TPSA) is 134 Å². The van der Waals surface area contributed by atoms with Gasteiger partial charge in [0.1, 0.15) is 5.92 Å². The molecule has 2 unspecified atom stereocenters. The molecule has 168 valence electrons. The number of aliphatic imine (C=N–C) groups is 1. The summed E-state index contributed by atoms with van der Waals surface area (Å²) in [6.07, 6.45) is 1.71. The number of nitro groups is 1. The zero-order chi connectivity index (χ0) is 23.1. The maximum atomic E-state index is 12.7. The fourth-order valence-electron chi connectivity index (χ4n) is 3.63. The molecule has 1 aromatic carbocycles. The summed E-state index contributed by atoms with van der Waals surface area (Å²) >= 11 is 1.50. The molecule has 0 bridgehead atoms. The molecule has 2 N–H and O–H groups in total. The van der Waals surface area contributed by atoms with Crippen LogP contribution in [0.25, 0.3) is 0 Å². The van der Waals surface area contributed by atoms with Crippen molar-refractivity contribution in [3.63, 3.8) is 0 Å². The number of allylic oxidation sites excluding steroid dienone is 1. The predicted molar refractivity (Wildman–Crippen MR) is 118 cm³/mol. The smallest absolute Gasteiger partial charge is 0.336 e. The quantitative estimate of drug-likeness (QED) is 0.200. The molecule has 0 aromatic heterocycles. The number of nitrogens with two attached hydrogens (primary N) is 1. The van der Waals surface area contributed by atoms with Crippen LogP contribution in [-0.2, 0) is 19.1 Å². The highest BCUT2D eigenvalue weighted by molar-refractivity contribution is 7.99. The average molecular weight is 450 g/mol. The van der Waals surface area contributed by atoms with E-state index in [9.17, 15) is 19.7 Å². The Morgan fingerprint density at radius 1 is 1.23 bits per heavy atom. The first-order valence-electron chi connectivity index (χ1n) is 9.80. The normalized spacial score (nSPS) is 18.4. The summed E-state index contributed by atoms with van der Waals surface area (Å²) in [5.74, 6) is -2.22. The SMILES string of the molecule is COC(=O)C1=C(C)N=C(C)C(C(=O)OC)C1c1cc([N+](=O)[O-])ccc1SCCCCN. The molecule has 1 aliphatic heterocycles. The highest BCUT2D eigenvalue weighted by Crippen LogP contribution is 2.44. The third-order valence-electron chi connectivity index (χ3n) is 5.08. The molecule has 1 aromatic rings. The minimum absolute atomic E-state index is 0.132. The molecular weight excluding hydrogens is 422 g/mol. The van der Waals surface area contributed by atoms with Crippen LogP contribution in [0.4, 0.5) is 5.69 Å². The van der Waals surface area contributed by atoms with Crippen LogP contribution in [0.3, 0.4) is 0 Å². The van der Waals surface area contributed by atoms with Crippen LogP contribution >= 0.6 is 11.8 Å². The third-order valence-corrected chi connectivity index (χ3v) is 6.26. The van der Waals surface area contributed by atoms with E-state index in [1.54, 1.807) is 19.9 Å². The second kappa shape index (κ2) is 11.1. The van der Waals surface area contributed by atoms with Crippen LogP contribution in [0, 0.1) is 16.0 Å². The lowest BCUT2D eigenvalue weighted by Crippen LogP contribution is -2.36. The van der Waals surface area contributed by atoms with E-state index in [1.807, 2.05) is 0 Å². The largest absolute Gasteiger partial charge is 0.468 e. The number of nitrogens with zero attached hydrogens (tertiary/aromatic N) is 2. The molecular formula is C21H27N3O6S. The minimum Gasteiger partial charge on any atom is -0.468 e. The van der Waals surface area contributed by atoms with Crippen LogP contribution in [0.2, 0.25) is 0 Å². The highest BCUT2D eigenvalue weighted by Gasteiger charge is 2.43. The first kappa shape index (κ1) is 24.5. The van der Waals surface area contributed by atoms with Crippen molar-refractivity contribution < 1.29 is 24.0 Å². The van der Waals surface area contributed by atoms with Gasteiger partial charge in [-0.15, -0.1) is 11.8 Å². The average Bonchev–Trinajstić information content (AvgIpc) is 2.75. The van der Waals surface area contributed by atoms with Gasteiger partial charge in [-0.3, -0.25) is 19.9 Å². The maximum absolute atomic E-state index is 12.7. The van der Waals surface area contributed by atoms with Crippen molar-refractivity contribution in [2.24, 2.45) is 16.6 Å². The Balaban J connectivity index is 2.71. The lowest BCUT2D eigenvalue weighted by atomic mass is 9.75. The Bertz CT molecular complexity index is 928. The van der Waals surface area contributed by atoms with Crippen molar-refractivity contribution in [1.29, 1.82) is 0 Å². The van der Waals surface area contributed by atoms with Gasteiger partial charge in [0.15, 0.2) is 0 Å². The standard InChI is InChI=1S/C21H27N3O6S/c1-12-17(20(25)29-3)19(18(13(2)23-12)21(26)30-4)15-11-14(24(27)28)7-8-16(15)31-10-6-5-9-22/h7-8,11,17,19H,5-6,9-10,22H2,1-4H3. The Morgan fingerprint density at radius 2 is 1.94 bits per heavy atom. The van der Waals surface area contributed by atoms with Crippen molar-refractivity contribution in [2.75, 3.05) is 26.5 Å². The molecule has 9 nitrogen and oxygen atoms in total. The van der Waals surface area contributed by atoms with Gasteiger partial charge >= 0.3 is 11.9 Å². The number of unbranched alkanes of at least 4 members (excludes halogenated alkanes) is 1. The molecule has 0 fully saturated rings. The van der Waals surface area contributed by atoms with Gasteiger partial charge in [0.05, 0.1) is 24.7 Å². The molecule has 2 atom stereocenters. The van der Waals surface area contributed by atoms with E-state index < -0.39 is 28.7 Å². The summed E-state index contributed by atoms with van der Waals surface area (Å²) in [6, 6.07) is 4.49. The van der Waals surface area contributed by atoms with E-state index in [4.69, 9.17) is 15.2 Å².